The maximum atomic E-state index is 12.2. The zero-order valence-corrected chi connectivity index (χ0v) is 13.2. The van der Waals surface area contributed by atoms with E-state index in [1.54, 1.807) is 0 Å². The summed E-state index contributed by atoms with van der Waals surface area (Å²) < 4.78 is 0. The minimum atomic E-state index is -0.986. The van der Waals surface area contributed by atoms with Crippen LogP contribution in [0.5, 0.6) is 0 Å². The average Bonchev–Trinajstić information content (AvgIpc) is 2.53. The number of amides is 2. The summed E-state index contributed by atoms with van der Waals surface area (Å²) >= 11 is 0. The molecule has 23 heavy (non-hydrogen) atoms. The summed E-state index contributed by atoms with van der Waals surface area (Å²) in [5, 5.41) is 11.8. The Morgan fingerprint density at radius 2 is 1.96 bits per heavy atom. The number of carbonyl (C=O) groups excluding carboxylic acids is 2. The number of benzene rings is 1. The lowest BCUT2D eigenvalue weighted by Gasteiger charge is -2.36. The van der Waals surface area contributed by atoms with Crippen LogP contribution in [0.15, 0.2) is 30.3 Å². The summed E-state index contributed by atoms with van der Waals surface area (Å²) in [6, 6.07) is 8.45. The van der Waals surface area contributed by atoms with Gasteiger partial charge in [0, 0.05) is 6.54 Å². The Labute approximate surface area is 135 Å². The summed E-state index contributed by atoms with van der Waals surface area (Å²) in [5.41, 5.74) is 0.868. The lowest BCUT2D eigenvalue weighted by atomic mass is 9.92. The molecule has 0 aliphatic carbocycles. The third-order valence-electron chi connectivity index (χ3n) is 4.11. The van der Waals surface area contributed by atoms with Gasteiger partial charge in [0.05, 0.1) is 13.0 Å². The fraction of sp³-hybridized carbons (Fsp3) is 0.471. The maximum absolute atomic E-state index is 12.2. The van der Waals surface area contributed by atoms with Crippen LogP contribution >= 0.6 is 0 Å². The Balaban J connectivity index is 1.86. The fourth-order valence-electron chi connectivity index (χ4n) is 2.79. The first-order valence-electron chi connectivity index (χ1n) is 7.80. The topological polar surface area (TPSA) is 86.7 Å². The molecule has 2 rings (SSSR count). The normalized spacial score (nSPS) is 20.8. The van der Waals surface area contributed by atoms with Crippen LogP contribution in [0.2, 0.25) is 0 Å². The zero-order valence-electron chi connectivity index (χ0n) is 13.2. The highest BCUT2D eigenvalue weighted by Crippen LogP contribution is 2.22. The molecule has 1 aliphatic heterocycles. The Bertz CT molecular complexity index is 573. The number of carboxylic acids is 1. The maximum Gasteiger partial charge on any atom is 0.326 e. The summed E-state index contributed by atoms with van der Waals surface area (Å²) in [6.45, 7) is 2.24. The number of rotatable bonds is 5. The molecular formula is C17H22N2O4. The second-order valence-electron chi connectivity index (χ2n) is 6.01. The lowest BCUT2D eigenvalue weighted by molar-refractivity contribution is -0.152. The molecule has 0 aromatic heterocycles. The van der Waals surface area contributed by atoms with Gasteiger partial charge in [-0.3, -0.25) is 9.59 Å². The van der Waals surface area contributed by atoms with Crippen molar-refractivity contribution in [2.75, 3.05) is 13.1 Å². The van der Waals surface area contributed by atoms with Crippen molar-refractivity contribution in [1.29, 1.82) is 0 Å². The van der Waals surface area contributed by atoms with Crippen LogP contribution in [0.1, 0.15) is 25.3 Å². The van der Waals surface area contributed by atoms with Crippen LogP contribution in [0.25, 0.3) is 0 Å². The van der Waals surface area contributed by atoms with Crippen LogP contribution in [-0.2, 0) is 20.8 Å². The van der Waals surface area contributed by atoms with E-state index < -0.39 is 12.0 Å². The molecule has 2 unspecified atom stereocenters. The van der Waals surface area contributed by atoms with Gasteiger partial charge >= 0.3 is 5.97 Å². The van der Waals surface area contributed by atoms with E-state index in [0.29, 0.717) is 13.0 Å². The molecule has 0 saturated carbocycles. The molecule has 6 nitrogen and oxygen atoms in total. The summed E-state index contributed by atoms with van der Waals surface area (Å²) in [7, 11) is 0. The minimum Gasteiger partial charge on any atom is -0.480 e. The monoisotopic (exact) mass is 318 g/mol. The number of aliphatic carboxylic acids is 1. The number of nitrogens with zero attached hydrogens (tertiary/aromatic N) is 1. The molecule has 2 amide bonds. The van der Waals surface area contributed by atoms with E-state index in [4.69, 9.17) is 0 Å². The molecule has 1 aromatic rings. The van der Waals surface area contributed by atoms with Crippen molar-refractivity contribution in [2.45, 2.75) is 32.2 Å². The van der Waals surface area contributed by atoms with Gasteiger partial charge in [-0.15, -0.1) is 0 Å². The molecule has 1 aromatic carbocycles. The zero-order chi connectivity index (χ0) is 16.8. The van der Waals surface area contributed by atoms with Gasteiger partial charge in [0.2, 0.25) is 11.8 Å². The molecule has 1 saturated heterocycles. The van der Waals surface area contributed by atoms with E-state index in [1.165, 1.54) is 4.90 Å². The van der Waals surface area contributed by atoms with Crippen LogP contribution < -0.4 is 5.32 Å². The second kappa shape index (κ2) is 7.76. The van der Waals surface area contributed by atoms with Crippen LogP contribution in [-0.4, -0.2) is 46.9 Å². The molecule has 0 spiro atoms. The molecular weight excluding hydrogens is 296 g/mol. The quantitative estimate of drug-likeness (QED) is 0.850. The van der Waals surface area contributed by atoms with Gasteiger partial charge in [-0.1, -0.05) is 37.3 Å². The van der Waals surface area contributed by atoms with E-state index >= 15 is 0 Å². The number of piperidine rings is 1. The van der Waals surface area contributed by atoms with E-state index in [1.807, 2.05) is 37.3 Å². The number of carbonyl (C=O) groups is 3. The number of nitrogens with one attached hydrogen (secondary N) is 1. The number of hydrogen-bond acceptors (Lipinski definition) is 3. The molecule has 0 bridgehead atoms. The molecule has 1 aliphatic rings. The predicted molar refractivity (Wildman–Crippen MR) is 84.7 cm³/mol. The van der Waals surface area contributed by atoms with E-state index in [2.05, 4.69) is 5.32 Å². The highest BCUT2D eigenvalue weighted by atomic mass is 16.4. The van der Waals surface area contributed by atoms with Gasteiger partial charge in [-0.05, 0) is 24.3 Å². The predicted octanol–water partition coefficient (Wildman–Crippen LogP) is 1.06. The molecule has 0 radical (unpaired) electrons. The summed E-state index contributed by atoms with van der Waals surface area (Å²) in [6.07, 6.45) is 1.44. The van der Waals surface area contributed by atoms with Crippen molar-refractivity contribution in [2.24, 2.45) is 5.92 Å². The largest absolute Gasteiger partial charge is 0.480 e. The van der Waals surface area contributed by atoms with Gasteiger partial charge in [0.1, 0.15) is 6.04 Å². The van der Waals surface area contributed by atoms with Crippen LogP contribution in [0.4, 0.5) is 0 Å². The smallest absolute Gasteiger partial charge is 0.326 e. The van der Waals surface area contributed by atoms with Crippen molar-refractivity contribution in [3.05, 3.63) is 35.9 Å². The van der Waals surface area contributed by atoms with Crippen molar-refractivity contribution >= 4 is 17.8 Å². The first-order valence-corrected chi connectivity index (χ1v) is 7.80. The Morgan fingerprint density at radius 1 is 1.26 bits per heavy atom. The van der Waals surface area contributed by atoms with Gasteiger partial charge in [0.25, 0.3) is 0 Å². The Kier molecular flexibility index (Phi) is 5.73. The molecule has 124 valence electrons. The fourth-order valence-corrected chi connectivity index (χ4v) is 2.79. The van der Waals surface area contributed by atoms with Crippen LogP contribution in [0.3, 0.4) is 0 Å². The summed E-state index contributed by atoms with van der Waals surface area (Å²) in [4.78, 5) is 36.8. The number of hydrogen-bond donors (Lipinski definition) is 2. The van der Waals surface area contributed by atoms with Crippen molar-refractivity contribution in [1.82, 2.24) is 10.2 Å². The number of likely N-dealkylation sites (tertiary alicyclic amines) is 1. The van der Waals surface area contributed by atoms with Crippen molar-refractivity contribution in [3.8, 4) is 0 Å². The second-order valence-corrected chi connectivity index (χ2v) is 6.01. The lowest BCUT2D eigenvalue weighted by Crippen LogP contribution is -2.52. The molecule has 1 heterocycles. The van der Waals surface area contributed by atoms with Gasteiger partial charge in [-0.25, -0.2) is 4.79 Å². The summed E-state index contributed by atoms with van der Waals surface area (Å²) in [5.74, 6) is -1.29. The third kappa shape index (κ3) is 4.81. The first-order chi connectivity index (χ1) is 11.0. The minimum absolute atomic E-state index is 0.163. The van der Waals surface area contributed by atoms with Gasteiger partial charge in [-0.2, -0.15) is 0 Å². The molecule has 2 N–H and O–H groups in total. The Morgan fingerprint density at radius 3 is 2.61 bits per heavy atom. The van der Waals surface area contributed by atoms with E-state index in [0.717, 1.165) is 12.0 Å². The molecule has 1 fully saturated rings. The first kappa shape index (κ1) is 17.0. The standard InChI is InChI=1S/C17H22N2O4/c1-12-7-8-19(14(9-12)17(22)23)16(21)11-18-15(20)10-13-5-3-2-4-6-13/h2-6,12,14H,7-11H2,1H3,(H,18,20)(H,22,23). The Hall–Kier alpha value is -2.37. The number of carboxylic acid groups (broad SMARTS) is 1. The van der Waals surface area contributed by atoms with Crippen molar-refractivity contribution in [3.63, 3.8) is 0 Å². The highest BCUT2D eigenvalue weighted by Gasteiger charge is 2.34. The van der Waals surface area contributed by atoms with E-state index in [9.17, 15) is 19.5 Å². The van der Waals surface area contributed by atoms with E-state index in [-0.39, 0.29) is 30.7 Å². The third-order valence-corrected chi connectivity index (χ3v) is 4.11. The molecule has 6 heteroatoms. The van der Waals surface area contributed by atoms with Gasteiger partial charge < -0.3 is 15.3 Å². The van der Waals surface area contributed by atoms with Crippen LogP contribution in [0, 0.1) is 5.92 Å². The SMILES string of the molecule is CC1CCN(C(=O)CNC(=O)Cc2ccccc2)C(C(=O)O)C1. The molecule has 2 atom stereocenters. The highest BCUT2D eigenvalue weighted by molar-refractivity contribution is 5.88. The van der Waals surface area contributed by atoms with Gasteiger partial charge in [0.15, 0.2) is 0 Å². The average molecular weight is 318 g/mol. The van der Waals surface area contributed by atoms with Crippen molar-refractivity contribution < 1.29 is 19.5 Å².